The lowest BCUT2D eigenvalue weighted by Crippen LogP contribution is -2.34. The molecule has 2 rings (SSSR count). The van der Waals surface area contributed by atoms with Crippen molar-refractivity contribution in [3.05, 3.63) is 59.7 Å². The van der Waals surface area contributed by atoms with Gasteiger partial charge in [-0.25, -0.2) is 8.78 Å². The van der Waals surface area contributed by atoms with Gasteiger partial charge in [-0.05, 0) is 18.2 Å². The Bertz CT molecular complexity index is 612. The highest BCUT2D eigenvalue weighted by atomic mass is 19.4. The zero-order chi connectivity index (χ0) is 14.8. The molecule has 0 saturated carbocycles. The predicted molar refractivity (Wildman–Crippen MR) is 65.8 cm³/mol. The van der Waals surface area contributed by atoms with E-state index >= 15 is 0 Å². The lowest BCUT2D eigenvalue weighted by Gasteiger charge is -2.16. The van der Waals surface area contributed by atoms with Gasteiger partial charge in [0.15, 0.2) is 11.6 Å². The number of rotatable bonds is 4. The average Bonchev–Trinajstić information content (AvgIpc) is 2.38. The smallest absolute Gasteiger partial charge is 0.486 e. The van der Waals surface area contributed by atoms with E-state index < -0.39 is 29.8 Å². The molecule has 20 heavy (non-hydrogen) atoms. The Labute approximate surface area is 112 Å². The molecule has 0 fully saturated rings. The normalized spacial score (nSPS) is 11.4. The topological polar surface area (TPSA) is 9.23 Å². The highest BCUT2D eigenvalue weighted by Crippen LogP contribution is 2.20. The maximum atomic E-state index is 13.4. The summed E-state index contributed by atoms with van der Waals surface area (Å²) in [6.07, 6.45) is 0. The van der Waals surface area contributed by atoms with Gasteiger partial charge in [0, 0.05) is 5.56 Å². The van der Waals surface area contributed by atoms with Gasteiger partial charge < -0.3 is 17.7 Å². The quantitative estimate of drug-likeness (QED) is 0.616. The largest absolute Gasteiger partial charge is 0.509 e. The van der Waals surface area contributed by atoms with E-state index in [1.165, 1.54) is 18.2 Å². The molecule has 7 heteroatoms. The Kier molecular flexibility index (Phi) is 3.97. The molecular formula is C13H9BF5O-. The Morgan fingerprint density at radius 1 is 0.900 bits per heavy atom. The third kappa shape index (κ3) is 3.29. The Balaban J connectivity index is 2.19. The van der Waals surface area contributed by atoms with Gasteiger partial charge >= 0.3 is 6.98 Å². The van der Waals surface area contributed by atoms with Crippen LogP contribution in [0.3, 0.4) is 0 Å². The fourth-order valence-electron chi connectivity index (χ4n) is 1.61. The van der Waals surface area contributed by atoms with Crippen LogP contribution in [-0.2, 0) is 6.61 Å². The molecule has 0 aliphatic carbocycles. The highest BCUT2D eigenvalue weighted by Gasteiger charge is 2.26. The van der Waals surface area contributed by atoms with Gasteiger partial charge in [-0.1, -0.05) is 24.3 Å². The first kappa shape index (κ1) is 14.4. The molecule has 1 nitrogen and oxygen atoms in total. The lowest BCUT2D eigenvalue weighted by molar-refractivity contribution is 0.285. The summed E-state index contributed by atoms with van der Waals surface area (Å²) in [5.74, 6) is -2.04. The van der Waals surface area contributed by atoms with Crippen molar-refractivity contribution in [2.75, 3.05) is 0 Å². The van der Waals surface area contributed by atoms with Gasteiger partial charge in [0.1, 0.15) is 12.4 Å². The van der Waals surface area contributed by atoms with Crippen molar-refractivity contribution >= 4 is 12.4 Å². The predicted octanol–water partition coefficient (Wildman–Crippen LogP) is 3.60. The first-order chi connectivity index (χ1) is 9.38. The summed E-state index contributed by atoms with van der Waals surface area (Å²) in [5, 5.41) is 0. The molecule has 0 N–H and O–H groups in total. The first-order valence-electron chi connectivity index (χ1n) is 5.73. The van der Waals surface area contributed by atoms with Crippen molar-refractivity contribution in [3.8, 4) is 5.75 Å². The van der Waals surface area contributed by atoms with Crippen LogP contribution in [-0.4, -0.2) is 6.98 Å². The van der Waals surface area contributed by atoms with Crippen LogP contribution in [0.1, 0.15) is 5.56 Å². The van der Waals surface area contributed by atoms with Gasteiger partial charge in [0.05, 0.1) is 0 Å². The van der Waals surface area contributed by atoms with Crippen LogP contribution in [0.4, 0.5) is 21.7 Å². The second-order valence-electron chi connectivity index (χ2n) is 4.14. The number of benzene rings is 2. The summed E-state index contributed by atoms with van der Waals surface area (Å²) in [6, 6.07) is 7.51. The number of halogens is 5. The summed E-state index contributed by atoms with van der Waals surface area (Å²) in [5.41, 5.74) is -0.829. The van der Waals surface area contributed by atoms with E-state index in [0.29, 0.717) is 18.2 Å². The van der Waals surface area contributed by atoms with Gasteiger partial charge in [0.25, 0.3) is 0 Å². The van der Waals surface area contributed by atoms with E-state index in [9.17, 15) is 21.7 Å². The molecule has 0 spiro atoms. The molecule has 0 unspecified atom stereocenters. The van der Waals surface area contributed by atoms with Crippen molar-refractivity contribution in [2.24, 2.45) is 0 Å². The van der Waals surface area contributed by atoms with Crippen molar-refractivity contribution in [2.45, 2.75) is 6.61 Å². The second-order valence-corrected chi connectivity index (χ2v) is 4.14. The molecule has 0 heterocycles. The molecule has 2 aromatic carbocycles. The first-order valence-corrected chi connectivity index (χ1v) is 5.73. The van der Waals surface area contributed by atoms with Crippen LogP contribution < -0.4 is 10.2 Å². The molecule has 0 aliphatic heterocycles. The SMILES string of the molecule is Fc1ccccc1COc1cc([B-](F)(F)F)ccc1F. The third-order valence-corrected chi connectivity index (χ3v) is 2.67. The van der Waals surface area contributed by atoms with E-state index in [-0.39, 0.29) is 12.2 Å². The zero-order valence-corrected chi connectivity index (χ0v) is 10.1. The van der Waals surface area contributed by atoms with E-state index in [1.807, 2.05) is 0 Å². The minimum absolute atomic E-state index is 0.134. The Hall–Kier alpha value is -2.05. The average molecular weight is 287 g/mol. The lowest BCUT2D eigenvalue weighted by atomic mass is 9.80. The highest BCUT2D eigenvalue weighted by molar-refractivity contribution is 6.73. The van der Waals surface area contributed by atoms with E-state index in [1.54, 1.807) is 6.07 Å². The van der Waals surface area contributed by atoms with Crippen LogP contribution in [0.5, 0.6) is 5.75 Å². The molecule has 2 aromatic rings. The van der Waals surface area contributed by atoms with E-state index in [2.05, 4.69) is 0 Å². The van der Waals surface area contributed by atoms with Gasteiger partial charge in [-0.3, -0.25) is 0 Å². The third-order valence-electron chi connectivity index (χ3n) is 2.67. The van der Waals surface area contributed by atoms with Gasteiger partial charge in [0.2, 0.25) is 0 Å². The minimum Gasteiger partial charge on any atom is -0.486 e. The molecule has 0 radical (unpaired) electrons. The molecule has 0 atom stereocenters. The second kappa shape index (κ2) is 5.52. The summed E-state index contributed by atoms with van der Waals surface area (Å²) in [7, 11) is 0. The maximum Gasteiger partial charge on any atom is 0.509 e. The van der Waals surface area contributed by atoms with E-state index in [4.69, 9.17) is 4.74 Å². The molecule has 0 aromatic heterocycles. The minimum atomic E-state index is -5.24. The summed E-state index contributed by atoms with van der Waals surface area (Å²) in [4.78, 5) is 0. The van der Waals surface area contributed by atoms with Crippen LogP contribution in [0.25, 0.3) is 0 Å². The summed E-state index contributed by atoms with van der Waals surface area (Å²) >= 11 is 0. The van der Waals surface area contributed by atoms with Crippen LogP contribution >= 0.6 is 0 Å². The number of hydrogen-bond donors (Lipinski definition) is 0. The van der Waals surface area contributed by atoms with Crippen molar-refractivity contribution in [3.63, 3.8) is 0 Å². The maximum absolute atomic E-state index is 13.4. The van der Waals surface area contributed by atoms with Crippen LogP contribution in [0, 0.1) is 11.6 Å². The number of ether oxygens (including phenoxy) is 1. The van der Waals surface area contributed by atoms with Crippen molar-refractivity contribution < 1.29 is 26.5 Å². The molecule has 0 saturated heterocycles. The monoisotopic (exact) mass is 287 g/mol. The molecule has 0 aliphatic rings. The fourth-order valence-corrected chi connectivity index (χ4v) is 1.61. The summed E-state index contributed by atoms with van der Waals surface area (Å²) < 4.78 is 69.3. The molecule has 0 bridgehead atoms. The van der Waals surface area contributed by atoms with E-state index in [0.717, 1.165) is 0 Å². The summed E-state index contributed by atoms with van der Waals surface area (Å²) in [6.45, 7) is -5.59. The van der Waals surface area contributed by atoms with Crippen LogP contribution in [0.2, 0.25) is 0 Å². The van der Waals surface area contributed by atoms with Gasteiger partial charge in [-0.2, -0.15) is 0 Å². The zero-order valence-electron chi connectivity index (χ0n) is 10.1. The van der Waals surface area contributed by atoms with Gasteiger partial charge in [-0.15, -0.1) is 5.46 Å². The Morgan fingerprint density at radius 3 is 2.25 bits per heavy atom. The molecule has 0 amide bonds. The molecule has 106 valence electrons. The fraction of sp³-hybridized carbons (Fsp3) is 0.0769. The van der Waals surface area contributed by atoms with Crippen molar-refractivity contribution in [1.82, 2.24) is 0 Å². The van der Waals surface area contributed by atoms with Crippen LogP contribution in [0.15, 0.2) is 42.5 Å². The molecular weight excluding hydrogens is 278 g/mol. The number of hydrogen-bond acceptors (Lipinski definition) is 1. The standard InChI is InChI=1S/C13H9BF5O/c15-11-4-2-1-3-9(11)8-20-13-7-10(14(17,18)19)5-6-12(13)16/h1-7H,8H2/q-1. The Morgan fingerprint density at radius 2 is 1.60 bits per heavy atom. The van der Waals surface area contributed by atoms with Crippen molar-refractivity contribution in [1.29, 1.82) is 0 Å².